The maximum atomic E-state index is 12.0. The minimum absolute atomic E-state index is 0.0210. The second-order valence-corrected chi connectivity index (χ2v) is 6.64. The van der Waals surface area contributed by atoms with E-state index >= 15 is 0 Å². The first-order valence-electron chi connectivity index (χ1n) is 7.85. The van der Waals surface area contributed by atoms with Gasteiger partial charge in [-0.25, -0.2) is 4.98 Å². The van der Waals surface area contributed by atoms with E-state index < -0.39 is 0 Å². The Balaban J connectivity index is 1.51. The van der Waals surface area contributed by atoms with Crippen LogP contribution in [0.25, 0.3) is 0 Å². The molecule has 5 nitrogen and oxygen atoms in total. The Bertz CT molecular complexity index is 842. The van der Waals surface area contributed by atoms with Gasteiger partial charge in [0.1, 0.15) is 5.75 Å². The molecule has 0 spiro atoms. The van der Waals surface area contributed by atoms with Crippen molar-refractivity contribution in [2.24, 2.45) is 7.05 Å². The molecule has 0 saturated heterocycles. The molecule has 0 aliphatic heterocycles. The van der Waals surface area contributed by atoms with Crippen molar-refractivity contribution in [3.8, 4) is 5.75 Å². The van der Waals surface area contributed by atoms with E-state index in [1.807, 2.05) is 73.3 Å². The summed E-state index contributed by atoms with van der Waals surface area (Å²) in [5, 5.41) is 3.75. The molecule has 0 bridgehead atoms. The van der Waals surface area contributed by atoms with Crippen molar-refractivity contribution in [3.63, 3.8) is 0 Å². The summed E-state index contributed by atoms with van der Waals surface area (Å²) in [4.78, 5) is 17.3. The van der Waals surface area contributed by atoms with Crippen LogP contribution in [0, 0.1) is 6.92 Å². The van der Waals surface area contributed by atoms with Crippen LogP contribution in [0.5, 0.6) is 5.75 Å². The molecule has 128 valence electrons. The van der Waals surface area contributed by atoms with Crippen LogP contribution in [0.4, 0.5) is 5.69 Å². The maximum Gasteiger partial charge on any atom is 0.262 e. The first-order chi connectivity index (χ1) is 12.1. The van der Waals surface area contributed by atoms with E-state index in [2.05, 4.69) is 10.3 Å². The number of carbonyl (C=O) groups is 1. The van der Waals surface area contributed by atoms with E-state index in [9.17, 15) is 4.79 Å². The SMILES string of the molecule is Cc1ccc(OCC(=O)Nc2ccc(Sc3nccn3C)cc2)cc1. The number of nitrogens with zero attached hydrogens (tertiary/aromatic N) is 2. The molecule has 3 aromatic rings. The molecule has 1 aromatic heterocycles. The number of nitrogens with one attached hydrogen (secondary N) is 1. The predicted molar refractivity (Wildman–Crippen MR) is 99.1 cm³/mol. The van der Waals surface area contributed by atoms with Gasteiger partial charge in [0.15, 0.2) is 11.8 Å². The Morgan fingerprint density at radius 1 is 1.16 bits per heavy atom. The second kappa shape index (κ2) is 7.90. The normalized spacial score (nSPS) is 10.5. The fourth-order valence-corrected chi connectivity index (χ4v) is 2.94. The van der Waals surface area contributed by atoms with Gasteiger partial charge < -0.3 is 14.6 Å². The van der Waals surface area contributed by atoms with E-state index in [0.717, 1.165) is 21.3 Å². The lowest BCUT2D eigenvalue weighted by Gasteiger charge is -2.08. The van der Waals surface area contributed by atoms with Gasteiger partial charge in [0.2, 0.25) is 0 Å². The van der Waals surface area contributed by atoms with Gasteiger partial charge in [0.05, 0.1) is 0 Å². The number of imidazole rings is 1. The van der Waals surface area contributed by atoms with Gasteiger partial charge in [-0.1, -0.05) is 29.5 Å². The van der Waals surface area contributed by atoms with E-state index in [-0.39, 0.29) is 12.5 Å². The van der Waals surface area contributed by atoms with Crippen molar-refractivity contribution >= 4 is 23.4 Å². The summed E-state index contributed by atoms with van der Waals surface area (Å²) in [6.07, 6.45) is 3.68. The number of aromatic nitrogens is 2. The van der Waals surface area contributed by atoms with Crippen molar-refractivity contribution in [1.29, 1.82) is 0 Å². The zero-order valence-corrected chi connectivity index (χ0v) is 14.9. The first-order valence-corrected chi connectivity index (χ1v) is 8.66. The molecule has 0 aliphatic rings. The Kier molecular flexibility index (Phi) is 5.40. The molecule has 1 amide bonds. The molecule has 6 heteroatoms. The van der Waals surface area contributed by atoms with Crippen LogP contribution in [-0.4, -0.2) is 22.1 Å². The fourth-order valence-electron chi connectivity index (χ4n) is 2.14. The zero-order chi connectivity index (χ0) is 17.6. The van der Waals surface area contributed by atoms with Gasteiger partial charge in [-0.2, -0.15) is 0 Å². The highest BCUT2D eigenvalue weighted by Gasteiger charge is 2.06. The van der Waals surface area contributed by atoms with Crippen LogP contribution in [0.3, 0.4) is 0 Å². The topological polar surface area (TPSA) is 56.1 Å². The van der Waals surface area contributed by atoms with Gasteiger partial charge in [0, 0.05) is 30.0 Å². The summed E-state index contributed by atoms with van der Waals surface area (Å²) in [5.74, 6) is 0.493. The summed E-state index contributed by atoms with van der Waals surface area (Å²) in [6.45, 7) is 1.99. The highest BCUT2D eigenvalue weighted by atomic mass is 32.2. The highest BCUT2D eigenvalue weighted by Crippen LogP contribution is 2.26. The van der Waals surface area contributed by atoms with Crippen LogP contribution in [0.2, 0.25) is 0 Å². The molecule has 0 atom stereocenters. The molecule has 0 unspecified atom stereocenters. The molecule has 0 saturated carbocycles. The third-order valence-electron chi connectivity index (χ3n) is 3.52. The molecule has 2 aromatic carbocycles. The maximum absolute atomic E-state index is 12.0. The van der Waals surface area contributed by atoms with E-state index in [4.69, 9.17) is 4.74 Å². The number of carbonyl (C=O) groups excluding carboxylic acids is 1. The van der Waals surface area contributed by atoms with Crippen molar-refractivity contribution < 1.29 is 9.53 Å². The summed E-state index contributed by atoms with van der Waals surface area (Å²) in [5.41, 5.74) is 1.89. The van der Waals surface area contributed by atoms with Gasteiger partial charge in [-0.3, -0.25) is 4.79 Å². The number of ether oxygens (including phenoxy) is 1. The average molecular weight is 353 g/mol. The molecule has 0 radical (unpaired) electrons. The lowest BCUT2D eigenvalue weighted by molar-refractivity contribution is -0.118. The summed E-state index contributed by atoms with van der Waals surface area (Å²) in [7, 11) is 1.96. The number of anilines is 1. The average Bonchev–Trinajstić information content (AvgIpc) is 3.01. The Hall–Kier alpha value is -2.73. The van der Waals surface area contributed by atoms with E-state index in [1.165, 1.54) is 0 Å². The van der Waals surface area contributed by atoms with Gasteiger partial charge in [-0.05, 0) is 43.3 Å². The Labute approximate surface area is 151 Å². The zero-order valence-electron chi connectivity index (χ0n) is 14.1. The lowest BCUT2D eigenvalue weighted by atomic mass is 10.2. The minimum Gasteiger partial charge on any atom is -0.484 e. The lowest BCUT2D eigenvalue weighted by Crippen LogP contribution is -2.20. The quantitative estimate of drug-likeness (QED) is 0.730. The molecule has 3 rings (SSSR count). The molecular formula is C19H19N3O2S. The molecule has 0 fully saturated rings. The number of benzene rings is 2. The monoisotopic (exact) mass is 353 g/mol. The minimum atomic E-state index is -0.190. The molecule has 0 aliphatic carbocycles. The van der Waals surface area contributed by atoms with Crippen LogP contribution in [-0.2, 0) is 11.8 Å². The number of rotatable bonds is 6. The second-order valence-electron chi connectivity index (χ2n) is 5.60. The van der Waals surface area contributed by atoms with Gasteiger partial charge in [-0.15, -0.1) is 0 Å². The standard InChI is InChI=1S/C19H19N3O2S/c1-14-3-7-16(8-4-14)24-13-18(23)21-15-5-9-17(10-6-15)25-19-20-11-12-22(19)2/h3-12H,13H2,1-2H3,(H,21,23). The summed E-state index contributed by atoms with van der Waals surface area (Å²) < 4.78 is 7.44. The number of amides is 1. The molecule has 1 heterocycles. The molecule has 25 heavy (non-hydrogen) atoms. The van der Waals surface area contributed by atoms with Gasteiger partial charge >= 0.3 is 0 Å². The van der Waals surface area contributed by atoms with Crippen molar-refractivity contribution in [3.05, 3.63) is 66.5 Å². The Morgan fingerprint density at radius 3 is 2.52 bits per heavy atom. The van der Waals surface area contributed by atoms with Gasteiger partial charge in [0.25, 0.3) is 5.91 Å². The summed E-state index contributed by atoms with van der Waals surface area (Å²) >= 11 is 1.57. The van der Waals surface area contributed by atoms with Crippen molar-refractivity contribution in [2.75, 3.05) is 11.9 Å². The predicted octanol–water partition coefficient (Wildman–Crippen LogP) is 3.90. The third kappa shape index (κ3) is 4.87. The number of hydrogen-bond acceptors (Lipinski definition) is 4. The van der Waals surface area contributed by atoms with E-state index in [1.54, 1.807) is 18.0 Å². The van der Waals surface area contributed by atoms with Crippen LogP contribution in [0.15, 0.2) is 71.0 Å². The Morgan fingerprint density at radius 2 is 1.88 bits per heavy atom. The van der Waals surface area contributed by atoms with Crippen molar-refractivity contribution in [1.82, 2.24) is 9.55 Å². The van der Waals surface area contributed by atoms with E-state index in [0.29, 0.717) is 5.75 Å². The fraction of sp³-hybridized carbons (Fsp3) is 0.158. The summed E-state index contributed by atoms with van der Waals surface area (Å²) in [6, 6.07) is 15.3. The first kappa shape index (κ1) is 17.1. The van der Waals surface area contributed by atoms with Crippen LogP contribution in [0.1, 0.15) is 5.56 Å². The number of aryl methyl sites for hydroxylation is 2. The molecular weight excluding hydrogens is 334 g/mol. The third-order valence-corrected chi connectivity index (χ3v) is 4.60. The largest absolute Gasteiger partial charge is 0.484 e. The van der Waals surface area contributed by atoms with Crippen LogP contribution < -0.4 is 10.1 Å². The highest BCUT2D eigenvalue weighted by molar-refractivity contribution is 7.99. The molecule has 1 N–H and O–H groups in total. The number of hydrogen-bond donors (Lipinski definition) is 1. The smallest absolute Gasteiger partial charge is 0.262 e. The van der Waals surface area contributed by atoms with Crippen LogP contribution >= 0.6 is 11.8 Å². The van der Waals surface area contributed by atoms with Crippen molar-refractivity contribution in [2.45, 2.75) is 17.0 Å².